The fraction of sp³-hybridized carbons (Fsp3) is 0.188. The quantitative estimate of drug-likeness (QED) is 0.852. The molecule has 0 aliphatic carbocycles. The van der Waals surface area contributed by atoms with Crippen molar-refractivity contribution < 1.29 is 9.18 Å². The molecular formula is C16H16FNOS. The van der Waals surface area contributed by atoms with Crippen LogP contribution in [-0.4, -0.2) is 11.2 Å². The Balaban J connectivity index is 1.96. The molecule has 0 saturated heterocycles. The van der Waals surface area contributed by atoms with E-state index in [-0.39, 0.29) is 17.0 Å². The maximum absolute atomic E-state index is 12.8. The third kappa shape index (κ3) is 4.10. The lowest BCUT2D eigenvalue weighted by Crippen LogP contribution is -2.22. The Morgan fingerprint density at radius 2 is 1.90 bits per heavy atom. The van der Waals surface area contributed by atoms with Crippen LogP contribution in [0, 0.1) is 12.7 Å². The normalized spacial score (nSPS) is 11.9. The number of hydrogen-bond acceptors (Lipinski definition) is 2. The fourth-order valence-electron chi connectivity index (χ4n) is 1.74. The van der Waals surface area contributed by atoms with E-state index in [1.54, 1.807) is 12.1 Å². The molecule has 2 rings (SSSR count). The topological polar surface area (TPSA) is 29.1 Å². The highest BCUT2D eigenvalue weighted by molar-refractivity contribution is 8.00. The standard InChI is InChI=1S/C16H16FNOS/c1-11-4-3-5-14(10-11)18-16(19)12(2)20-15-8-6-13(17)7-9-15/h3-10,12H,1-2H3,(H,18,19). The minimum atomic E-state index is -0.272. The van der Waals surface area contributed by atoms with Gasteiger partial charge in [0.15, 0.2) is 0 Å². The predicted octanol–water partition coefficient (Wildman–Crippen LogP) is 4.25. The number of thioether (sulfide) groups is 1. The lowest BCUT2D eigenvalue weighted by molar-refractivity contribution is -0.115. The lowest BCUT2D eigenvalue weighted by atomic mass is 10.2. The number of nitrogens with one attached hydrogen (secondary N) is 1. The Morgan fingerprint density at radius 1 is 1.20 bits per heavy atom. The van der Waals surface area contributed by atoms with Crippen LogP contribution in [0.15, 0.2) is 53.4 Å². The minimum absolute atomic E-state index is 0.0649. The maximum atomic E-state index is 12.8. The van der Waals surface area contributed by atoms with Crippen molar-refractivity contribution in [2.45, 2.75) is 24.0 Å². The first-order valence-corrected chi connectivity index (χ1v) is 7.22. The van der Waals surface area contributed by atoms with Gasteiger partial charge in [-0.2, -0.15) is 0 Å². The molecule has 1 unspecified atom stereocenters. The summed E-state index contributed by atoms with van der Waals surface area (Å²) in [6.07, 6.45) is 0. The predicted molar refractivity (Wildman–Crippen MR) is 81.5 cm³/mol. The monoisotopic (exact) mass is 289 g/mol. The number of hydrogen-bond donors (Lipinski definition) is 1. The van der Waals surface area contributed by atoms with Crippen molar-refractivity contribution >= 4 is 23.4 Å². The van der Waals surface area contributed by atoms with Crippen LogP contribution in [0.4, 0.5) is 10.1 Å². The zero-order chi connectivity index (χ0) is 14.5. The fourth-order valence-corrected chi connectivity index (χ4v) is 2.60. The molecule has 0 fully saturated rings. The Labute approximate surface area is 122 Å². The largest absolute Gasteiger partial charge is 0.325 e. The molecule has 0 radical (unpaired) electrons. The lowest BCUT2D eigenvalue weighted by Gasteiger charge is -2.12. The summed E-state index contributed by atoms with van der Waals surface area (Å²) >= 11 is 1.41. The van der Waals surface area contributed by atoms with Crippen molar-refractivity contribution in [1.29, 1.82) is 0 Å². The van der Waals surface area contributed by atoms with Gasteiger partial charge in [-0.05, 0) is 55.8 Å². The number of anilines is 1. The molecule has 0 aromatic heterocycles. The number of amides is 1. The highest BCUT2D eigenvalue weighted by Crippen LogP contribution is 2.24. The average Bonchev–Trinajstić information content (AvgIpc) is 2.41. The maximum Gasteiger partial charge on any atom is 0.237 e. The van der Waals surface area contributed by atoms with Crippen molar-refractivity contribution in [1.82, 2.24) is 0 Å². The highest BCUT2D eigenvalue weighted by Gasteiger charge is 2.14. The second-order valence-electron chi connectivity index (χ2n) is 4.57. The molecule has 0 heterocycles. The van der Waals surface area contributed by atoms with Gasteiger partial charge in [0.25, 0.3) is 0 Å². The molecule has 20 heavy (non-hydrogen) atoms. The molecule has 2 nitrogen and oxygen atoms in total. The first kappa shape index (κ1) is 14.6. The van der Waals surface area contributed by atoms with Gasteiger partial charge in [0.2, 0.25) is 5.91 Å². The number of carbonyl (C=O) groups is 1. The van der Waals surface area contributed by atoms with Crippen LogP contribution in [0.2, 0.25) is 0 Å². The molecule has 0 aliphatic heterocycles. The van der Waals surface area contributed by atoms with Crippen LogP contribution in [0.5, 0.6) is 0 Å². The molecular weight excluding hydrogens is 273 g/mol. The van der Waals surface area contributed by atoms with E-state index in [1.165, 1.54) is 23.9 Å². The second-order valence-corrected chi connectivity index (χ2v) is 5.99. The number of halogens is 1. The van der Waals surface area contributed by atoms with Crippen LogP contribution < -0.4 is 5.32 Å². The first-order chi connectivity index (χ1) is 9.54. The van der Waals surface area contributed by atoms with E-state index in [0.717, 1.165) is 16.1 Å². The highest BCUT2D eigenvalue weighted by atomic mass is 32.2. The molecule has 104 valence electrons. The molecule has 4 heteroatoms. The Bertz CT molecular complexity index is 598. The second kappa shape index (κ2) is 6.57. The molecule has 2 aromatic rings. The number of benzene rings is 2. The van der Waals surface area contributed by atoms with Crippen LogP contribution in [0.25, 0.3) is 0 Å². The van der Waals surface area contributed by atoms with Gasteiger partial charge < -0.3 is 5.32 Å². The van der Waals surface area contributed by atoms with E-state index in [1.807, 2.05) is 38.1 Å². The van der Waals surface area contributed by atoms with Crippen molar-refractivity contribution in [2.75, 3.05) is 5.32 Å². The van der Waals surface area contributed by atoms with Gasteiger partial charge in [0.1, 0.15) is 5.82 Å². The van der Waals surface area contributed by atoms with Crippen molar-refractivity contribution in [2.24, 2.45) is 0 Å². The van der Waals surface area contributed by atoms with Gasteiger partial charge >= 0.3 is 0 Å². The van der Waals surface area contributed by atoms with Crippen LogP contribution in [-0.2, 0) is 4.79 Å². The number of rotatable bonds is 4. The summed E-state index contributed by atoms with van der Waals surface area (Å²) in [5.41, 5.74) is 1.89. The third-order valence-electron chi connectivity index (χ3n) is 2.78. The zero-order valence-electron chi connectivity index (χ0n) is 11.4. The van der Waals surface area contributed by atoms with E-state index in [4.69, 9.17) is 0 Å². The summed E-state index contributed by atoms with van der Waals surface area (Å²) in [4.78, 5) is 13.0. The van der Waals surface area contributed by atoms with Crippen LogP contribution in [0.3, 0.4) is 0 Å². The van der Waals surface area contributed by atoms with E-state index < -0.39 is 0 Å². The Kier molecular flexibility index (Phi) is 4.79. The van der Waals surface area contributed by atoms with E-state index >= 15 is 0 Å². The SMILES string of the molecule is Cc1cccc(NC(=O)C(C)Sc2ccc(F)cc2)c1. The van der Waals surface area contributed by atoms with Gasteiger partial charge in [-0.15, -0.1) is 11.8 Å². The molecule has 0 bridgehead atoms. The van der Waals surface area contributed by atoms with Gasteiger partial charge in [-0.3, -0.25) is 4.79 Å². The van der Waals surface area contributed by atoms with Gasteiger partial charge in [-0.25, -0.2) is 4.39 Å². The summed E-state index contributed by atoms with van der Waals surface area (Å²) in [7, 11) is 0. The van der Waals surface area contributed by atoms with E-state index in [9.17, 15) is 9.18 Å². The van der Waals surface area contributed by atoms with E-state index in [0.29, 0.717) is 0 Å². The molecule has 0 spiro atoms. The van der Waals surface area contributed by atoms with Gasteiger partial charge in [0.05, 0.1) is 5.25 Å². The molecule has 0 saturated carbocycles. The molecule has 2 aromatic carbocycles. The first-order valence-electron chi connectivity index (χ1n) is 6.34. The van der Waals surface area contributed by atoms with Gasteiger partial charge in [0, 0.05) is 10.6 Å². The Morgan fingerprint density at radius 3 is 2.55 bits per heavy atom. The summed E-state index contributed by atoms with van der Waals surface area (Å²) in [5.74, 6) is -0.337. The van der Waals surface area contributed by atoms with Crippen molar-refractivity contribution in [3.63, 3.8) is 0 Å². The van der Waals surface area contributed by atoms with Gasteiger partial charge in [-0.1, -0.05) is 12.1 Å². The van der Waals surface area contributed by atoms with Crippen molar-refractivity contribution in [3.8, 4) is 0 Å². The summed E-state index contributed by atoms with van der Waals surface area (Å²) in [6.45, 7) is 3.81. The summed E-state index contributed by atoms with van der Waals surface area (Å²) in [5, 5.41) is 2.63. The molecule has 0 aliphatic rings. The van der Waals surface area contributed by atoms with Crippen LogP contribution in [0.1, 0.15) is 12.5 Å². The van der Waals surface area contributed by atoms with Crippen molar-refractivity contribution in [3.05, 3.63) is 59.9 Å². The van der Waals surface area contributed by atoms with Crippen LogP contribution >= 0.6 is 11.8 Å². The molecule has 1 N–H and O–H groups in total. The number of carbonyl (C=O) groups excluding carboxylic acids is 1. The minimum Gasteiger partial charge on any atom is -0.325 e. The third-order valence-corrected chi connectivity index (χ3v) is 3.89. The number of aryl methyl sites for hydroxylation is 1. The average molecular weight is 289 g/mol. The Hall–Kier alpha value is -1.81. The zero-order valence-corrected chi connectivity index (χ0v) is 12.2. The van der Waals surface area contributed by atoms with E-state index in [2.05, 4.69) is 5.32 Å². The molecule has 1 amide bonds. The smallest absolute Gasteiger partial charge is 0.237 e. The summed E-state index contributed by atoms with van der Waals surface area (Å²) in [6, 6.07) is 13.8. The molecule has 1 atom stereocenters. The summed E-state index contributed by atoms with van der Waals surface area (Å²) < 4.78 is 12.8.